The lowest BCUT2D eigenvalue weighted by atomic mass is 10.2. The van der Waals surface area contributed by atoms with Gasteiger partial charge in [-0.1, -0.05) is 13.8 Å². The van der Waals surface area contributed by atoms with Crippen LogP contribution in [-0.4, -0.2) is 15.0 Å². The quantitative estimate of drug-likeness (QED) is 0.780. The zero-order valence-corrected chi connectivity index (χ0v) is 12.9. The van der Waals surface area contributed by atoms with E-state index in [2.05, 4.69) is 23.9 Å². The van der Waals surface area contributed by atoms with E-state index in [-0.39, 0.29) is 11.6 Å². The lowest BCUT2D eigenvalue weighted by Gasteiger charge is -2.05. The summed E-state index contributed by atoms with van der Waals surface area (Å²) in [6, 6.07) is 4.83. The van der Waals surface area contributed by atoms with Gasteiger partial charge < -0.3 is 14.2 Å². The molecule has 0 spiro atoms. The summed E-state index contributed by atoms with van der Waals surface area (Å²) in [5, 5.41) is 3.12. The van der Waals surface area contributed by atoms with Crippen molar-refractivity contribution in [1.29, 1.82) is 0 Å². The van der Waals surface area contributed by atoms with E-state index in [9.17, 15) is 8.42 Å². The zero-order chi connectivity index (χ0) is 15.3. The van der Waals surface area contributed by atoms with Crippen molar-refractivity contribution in [2.75, 3.05) is 6.54 Å². The molecular weight excluding hydrogens is 292 g/mol. The van der Waals surface area contributed by atoms with Gasteiger partial charge >= 0.3 is 0 Å². The second-order valence-corrected chi connectivity index (χ2v) is 6.90. The first-order valence-electron chi connectivity index (χ1n) is 6.77. The molecule has 0 saturated heterocycles. The van der Waals surface area contributed by atoms with Gasteiger partial charge in [0.05, 0.1) is 19.1 Å². The molecule has 21 heavy (non-hydrogen) atoms. The molecule has 6 nitrogen and oxygen atoms in total. The maximum absolute atomic E-state index is 12.1. The number of nitrogens with one attached hydrogen (secondary N) is 2. The molecule has 2 N–H and O–H groups in total. The van der Waals surface area contributed by atoms with Gasteiger partial charge in [0.15, 0.2) is 0 Å². The zero-order valence-electron chi connectivity index (χ0n) is 12.1. The Morgan fingerprint density at radius 3 is 2.67 bits per heavy atom. The molecule has 0 radical (unpaired) electrons. The number of rotatable bonds is 8. The summed E-state index contributed by atoms with van der Waals surface area (Å²) in [6.07, 6.45) is 2.99. The topological polar surface area (TPSA) is 84.5 Å². The molecule has 7 heteroatoms. The summed E-state index contributed by atoms with van der Waals surface area (Å²) in [7, 11) is -3.64. The summed E-state index contributed by atoms with van der Waals surface area (Å²) >= 11 is 0. The lowest BCUT2D eigenvalue weighted by Crippen LogP contribution is -2.22. The second kappa shape index (κ2) is 6.93. The van der Waals surface area contributed by atoms with Gasteiger partial charge in [-0.3, -0.25) is 0 Å². The predicted octanol–water partition coefficient (Wildman–Crippen LogP) is 2.10. The van der Waals surface area contributed by atoms with Crippen LogP contribution in [0.2, 0.25) is 0 Å². The summed E-state index contributed by atoms with van der Waals surface area (Å²) < 4.78 is 36.8. The highest BCUT2D eigenvalue weighted by Crippen LogP contribution is 2.14. The van der Waals surface area contributed by atoms with Crippen LogP contribution in [0.15, 0.2) is 44.7 Å². The van der Waals surface area contributed by atoms with Gasteiger partial charge in [-0.05, 0) is 30.7 Å². The number of furan rings is 2. The van der Waals surface area contributed by atoms with Crippen molar-refractivity contribution in [3.8, 4) is 0 Å². The highest BCUT2D eigenvalue weighted by Gasteiger charge is 2.18. The van der Waals surface area contributed by atoms with Crippen LogP contribution in [0.5, 0.6) is 0 Å². The van der Waals surface area contributed by atoms with Crippen LogP contribution in [0.4, 0.5) is 0 Å². The third-order valence-electron chi connectivity index (χ3n) is 2.80. The largest absolute Gasteiger partial charge is 0.472 e. The molecule has 0 aromatic carbocycles. The first kappa shape index (κ1) is 15.8. The van der Waals surface area contributed by atoms with Gasteiger partial charge in [0, 0.05) is 12.1 Å². The highest BCUT2D eigenvalue weighted by molar-refractivity contribution is 7.89. The van der Waals surface area contributed by atoms with Crippen LogP contribution < -0.4 is 10.0 Å². The normalized spacial score (nSPS) is 12.1. The lowest BCUT2D eigenvalue weighted by molar-refractivity contribution is 0.394. The van der Waals surface area contributed by atoms with Crippen LogP contribution in [0.25, 0.3) is 0 Å². The fourth-order valence-electron chi connectivity index (χ4n) is 1.72. The van der Waals surface area contributed by atoms with Gasteiger partial charge in [-0.25, -0.2) is 13.1 Å². The maximum atomic E-state index is 12.1. The van der Waals surface area contributed by atoms with Crippen molar-refractivity contribution < 1.29 is 17.3 Å². The van der Waals surface area contributed by atoms with E-state index >= 15 is 0 Å². The van der Waals surface area contributed by atoms with Crippen LogP contribution in [0.3, 0.4) is 0 Å². The van der Waals surface area contributed by atoms with Crippen molar-refractivity contribution in [2.24, 2.45) is 5.92 Å². The third kappa shape index (κ3) is 4.73. The van der Waals surface area contributed by atoms with Gasteiger partial charge in [-0.2, -0.15) is 0 Å². The van der Waals surface area contributed by atoms with E-state index in [1.165, 1.54) is 18.6 Å². The van der Waals surface area contributed by atoms with Crippen molar-refractivity contribution in [2.45, 2.75) is 32.0 Å². The van der Waals surface area contributed by atoms with Crippen molar-refractivity contribution in [3.63, 3.8) is 0 Å². The fraction of sp³-hybridized carbons (Fsp3) is 0.429. The molecule has 0 amide bonds. The van der Waals surface area contributed by atoms with Crippen LogP contribution in [0.1, 0.15) is 25.2 Å². The minimum Gasteiger partial charge on any atom is -0.472 e. The van der Waals surface area contributed by atoms with Crippen molar-refractivity contribution in [1.82, 2.24) is 10.0 Å². The first-order valence-corrected chi connectivity index (χ1v) is 8.26. The summed E-state index contributed by atoms with van der Waals surface area (Å²) in [5.41, 5.74) is 0.754. The van der Waals surface area contributed by atoms with Gasteiger partial charge in [0.1, 0.15) is 5.76 Å². The average Bonchev–Trinajstić information content (AvgIpc) is 3.07. The monoisotopic (exact) mass is 312 g/mol. The average molecular weight is 312 g/mol. The third-order valence-corrected chi connectivity index (χ3v) is 4.07. The fourth-order valence-corrected chi connectivity index (χ4v) is 2.69. The molecule has 2 rings (SSSR count). The van der Waals surface area contributed by atoms with Crippen molar-refractivity contribution >= 4 is 10.0 Å². The first-order chi connectivity index (χ1) is 9.97. The molecule has 0 fully saturated rings. The van der Waals surface area contributed by atoms with E-state index in [4.69, 9.17) is 8.83 Å². The van der Waals surface area contributed by atoms with Crippen LogP contribution in [-0.2, 0) is 23.1 Å². The molecule has 0 unspecified atom stereocenters. The van der Waals surface area contributed by atoms with E-state index < -0.39 is 10.0 Å². The van der Waals surface area contributed by atoms with Crippen LogP contribution in [0, 0.1) is 5.92 Å². The molecule has 2 aromatic heterocycles. The number of sulfonamides is 1. The van der Waals surface area contributed by atoms with E-state index in [0.29, 0.717) is 18.2 Å². The summed E-state index contributed by atoms with van der Waals surface area (Å²) in [4.78, 5) is 0. The Morgan fingerprint density at radius 2 is 2.00 bits per heavy atom. The molecule has 2 aromatic rings. The second-order valence-electron chi connectivity index (χ2n) is 5.20. The Labute approximate surface area is 124 Å². The molecule has 0 saturated carbocycles. The van der Waals surface area contributed by atoms with Crippen LogP contribution >= 0.6 is 0 Å². The standard InChI is InChI=1S/C14H20N2O4S/c1-11(2)7-15-9-13-3-4-14(20-13)21(17,18)16-8-12-5-6-19-10-12/h3-6,10-11,15-16H,7-9H2,1-2H3. The molecule has 2 heterocycles. The smallest absolute Gasteiger partial charge is 0.274 e. The van der Waals surface area contributed by atoms with Gasteiger partial charge in [0.25, 0.3) is 10.0 Å². The minimum atomic E-state index is -3.64. The van der Waals surface area contributed by atoms with Gasteiger partial charge in [-0.15, -0.1) is 0 Å². The highest BCUT2D eigenvalue weighted by atomic mass is 32.2. The van der Waals surface area contributed by atoms with Gasteiger partial charge in [0.2, 0.25) is 5.09 Å². The molecule has 116 valence electrons. The molecular formula is C14H20N2O4S. The number of hydrogen-bond acceptors (Lipinski definition) is 5. The Kier molecular flexibility index (Phi) is 5.22. The molecule has 0 bridgehead atoms. The molecule has 0 aliphatic rings. The van der Waals surface area contributed by atoms with E-state index in [0.717, 1.165) is 12.1 Å². The SMILES string of the molecule is CC(C)CNCc1ccc(S(=O)(=O)NCc2ccoc2)o1. The molecule has 0 atom stereocenters. The Bertz CT molecular complexity index is 644. The summed E-state index contributed by atoms with van der Waals surface area (Å²) in [5.74, 6) is 1.12. The Balaban J connectivity index is 1.92. The Hall–Kier alpha value is -1.57. The van der Waals surface area contributed by atoms with Crippen molar-refractivity contribution in [3.05, 3.63) is 42.0 Å². The van der Waals surface area contributed by atoms with E-state index in [1.54, 1.807) is 12.1 Å². The number of hydrogen-bond donors (Lipinski definition) is 2. The maximum Gasteiger partial charge on any atom is 0.274 e. The summed E-state index contributed by atoms with van der Waals surface area (Å²) in [6.45, 7) is 5.73. The molecule has 0 aliphatic heterocycles. The minimum absolute atomic E-state index is 0.0765. The Morgan fingerprint density at radius 1 is 1.19 bits per heavy atom. The predicted molar refractivity (Wildman–Crippen MR) is 78.0 cm³/mol. The van der Waals surface area contributed by atoms with E-state index in [1.807, 2.05) is 0 Å². The molecule has 0 aliphatic carbocycles.